The lowest BCUT2D eigenvalue weighted by molar-refractivity contribution is -0.384. The van der Waals surface area contributed by atoms with Crippen molar-refractivity contribution in [3.8, 4) is 0 Å². The van der Waals surface area contributed by atoms with E-state index in [0.717, 1.165) is 66.8 Å². The molecule has 5 rings (SSSR count). The van der Waals surface area contributed by atoms with Crippen molar-refractivity contribution >= 4 is 44.0 Å². The Morgan fingerprint density at radius 3 is 2.51 bits per heavy atom. The third kappa shape index (κ3) is 5.46. The van der Waals surface area contributed by atoms with Gasteiger partial charge in [0, 0.05) is 50.9 Å². The van der Waals surface area contributed by atoms with E-state index in [1.54, 1.807) is 17.0 Å². The molecule has 0 radical (unpaired) electrons. The van der Waals surface area contributed by atoms with Crippen LogP contribution < -0.4 is 9.80 Å². The first-order chi connectivity index (χ1) is 17.9. The first-order valence-corrected chi connectivity index (χ1v) is 13.8. The van der Waals surface area contributed by atoms with E-state index in [-0.39, 0.29) is 16.5 Å². The topological polar surface area (TPSA) is 92.0 Å². The maximum Gasteiger partial charge on any atom is 0.293 e. The number of rotatable bonds is 7. The molecule has 10 heteroatoms. The number of anilines is 2. The van der Waals surface area contributed by atoms with Crippen molar-refractivity contribution in [1.82, 2.24) is 9.88 Å². The highest BCUT2D eigenvalue weighted by Crippen LogP contribution is 2.35. The Morgan fingerprint density at radius 2 is 1.81 bits per heavy atom. The molecule has 0 N–H and O–H groups in total. The van der Waals surface area contributed by atoms with Crippen LogP contribution in [0.25, 0.3) is 10.2 Å². The van der Waals surface area contributed by atoms with Crippen LogP contribution >= 0.6 is 11.3 Å². The van der Waals surface area contributed by atoms with Gasteiger partial charge in [0.2, 0.25) is 0 Å². The summed E-state index contributed by atoms with van der Waals surface area (Å²) in [4.78, 5) is 36.5. The van der Waals surface area contributed by atoms with E-state index in [1.807, 2.05) is 19.9 Å². The minimum absolute atomic E-state index is 0.0168. The molecule has 1 aromatic heterocycles. The number of nitro benzene ring substituents is 1. The molecule has 0 atom stereocenters. The summed E-state index contributed by atoms with van der Waals surface area (Å²) in [6.45, 7) is 9.77. The molecule has 0 unspecified atom stereocenters. The summed E-state index contributed by atoms with van der Waals surface area (Å²) in [5.41, 5.74) is 3.96. The van der Waals surface area contributed by atoms with E-state index in [4.69, 9.17) is 9.72 Å². The number of ether oxygens (including phenoxy) is 1. The number of piperidine rings is 1. The number of amides is 1. The number of hydrogen-bond donors (Lipinski definition) is 0. The van der Waals surface area contributed by atoms with Crippen molar-refractivity contribution < 1.29 is 14.5 Å². The van der Waals surface area contributed by atoms with Gasteiger partial charge in [-0.1, -0.05) is 23.5 Å². The van der Waals surface area contributed by atoms with Crippen LogP contribution in [0.4, 0.5) is 16.5 Å². The van der Waals surface area contributed by atoms with Crippen molar-refractivity contribution in [2.24, 2.45) is 0 Å². The highest BCUT2D eigenvalue weighted by atomic mass is 32.1. The Balaban J connectivity index is 1.49. The number of hydrogen-bond acceptors (Lipinski definition) is 8. The molecule has 2 aliphatic rings. The second kappa shape index (κ2) is 11.1. The molecule has 9 nitrogen and oxygen atoms in total. The molecule has 1 amide bonds. The van der Waals surface area contributed by atoms with E-state index in [1.165, 1.54) is 17.4 Å². The first-order valence-electron chi connectivity index (χ1n) is 12.9. The maximum absolute atomic E-state index is 13.9. The van der Waals surface area contributed by atoms with Crippen molar-refractivity contribution in [2.45, 2.75) is 33.1 Å². The Hall–Kier alpha value is -3.08. The van der Waals surface area contributed by atoms with Gasteiger partial charge in [0.25, 0.3) is 11.6 Å². The minimum Gasteiger partial charge on any atom is -0.379 e. The van der Waals surface area contributed by atoms with Crippen LogP contribution in [0.5, 0.6) is 0 Å². The quantitative estimate of drug-likeness (QED) is 0.325. The number of aryl methyl sites for hydroxylation is 2. The highest BCUT2D eigenvalue weighted by Gasteiger charge is 2.28. The molecular formula is C27H33N5O4S. The molecule has 2 aliphatic heterocycles. The smallest absolute Gasteiger partial charge is 0.293 e. The molecule has 3 aromatic rings. The molecule has 0 spiro atoms. The molecule has 0 saturated carbocycles. The lowest BCUT2D eigenvalue weighted by atomic mass is 10.1. The minimum atomic E-state index is -0.372. The maximum atomic E-state index is 13.9. The van der Waals surface area contributed by atoms with Gasteiger partial charge in [0.15, 0.2) is 5.13 Å². The average Bonchev–Trinajstić information content (AvgIpc) is 3.38. The third-order valence-electron chi connectivity index (χ3n) is 7.27. The van der Waals surface area contributed by atoms with E-state index < -0.39 is 0 Å². The summed E-state index contributed by atoms with van der Waals surface area (Å²) in [6.07, 6.45) is 3.17. The van der Waals surface area contributed by atoms with Gasteiger partial charge in [0.05, 0.1) is 28.4 Å². The standard InChI is InChI=1S/C27H33N5O4S/c1-19-6-7-20(2)25-24(19)28-27(37-25)31(13-12-29-14-16-36-17-15-29)26(33)21-8-9-22(23(18-21)32(34)35)30-10-4-3-5-11-30/h6-9,18H,3-5,10-17H2,1-2H3. The summed E-state index contributed by atoms with van der Waals surface area (Å²) in [6, 6.07) is 9.03. The molecule has 3 heterocycles. The van der Waals surface area contributed by atoms with Crippen molar-refractivity contribution in [2.75, 3.05) is 62.3 Å². The van der Waals surface area contributed by atoms with E-state index in [0.29, 0.717) is 42.7 Å². The zero-order valence-electron chi connectivity index (χ0n) is 21.4. The second-order valence-electron chi connectivity index (χ2n) is 9.79. The molecule has 2 fully saturated rings. The first kappa shape index (κ1) is 25.6. The molecule has 2 saturated heterocycles. The van der Waals surface area contributed by atoms with Gasteiger partial charge in [-0.25, -0.2) is 4.98 Å². The summed E-state index contributed by atoms with van der Waals surface area (Å²) >= 11 is 1.50. The molecule has 2 aromatic carbocycles. The molecule has 37 heavy (non-hydrogen) atoms. The zero-order valence-corrected chi connectivity index (χ0v) is 22.3. The van der Waals surface area contributed by atoms with Gasteiger partial charge in [0.1, 0.15) is 5.69 Å². The Bertz CT molecular complexity index is 1260. The molecule has 0 bridgehead atoms. The summed E-state index contributed by atoms with van der Waals surface area (Å²) in [5.74, 6) is -0.268. The molecular weight excluding hydrogens is 490 g/mol. The summed E-state index contributed by atoms with van der Waals surface area (Å²) in [7, 11) is 0. The Morgan fingerprint density at radius 1 is 1.08 bits per heavy atom. The highest BCUT2D eigenvalue weighted by molar-refractivity contribution is 7.22. The SMILES string of the molecule is Cc1ccc(C)c2sc(N(CCN3CCOCC3)C(=O)c3ccc(N4CCCCC4)c([N+](=O)[O-])c3)nc12. The van der Waals surface area contributed by atoms with Crippen LogP contribution in [0, 0.1) is 24.0 Å². The molecule has 0 aliphatic carbocycles. The number of aromatic nitrogens is 1. The van der Waals surface area contributed by atoms with Crippen LogP contribution in [-0.4, -0.2) is 73.2 Å². The third-order valence-corrected chi connectivity index (χ3v) is 8.48. The summed E-state index contributed by atoms with van der Waals surface area (Å²) < 4.78 is 6.53. The fraction of sp³-hybridized carbons (Fsp3) is 0.481. The number of fused-ring (bicyclic) bond motifs is 1. The van der Waals surface area contributed by atoms with Gasteiger partial charge < -0.3 is 9.64 Å². The van der Waals surface area contributed by atoms with Crippen LogP contribution in [0.1, 0.15) is 40.7 Å². The van der Waals surface area contributed by atoms with Crippen molar-refractivity contribution in [1.29, 1.82) is 0 Å². The van der Waals surface area contributed by atoms with Crippen LogP contribution in [0.3, 0.4) is 0 Å². The van der Waals surface area contributed by atoms with Gasteiger partial charge in [-0.15, -0.1) is 0 Å². The Kier molecular flexibility index (Phi) is 7.68. The zero-order chi connectivity index (χ0) is 25.9. The van der Waals surface area contributed by atoms with Crippen molar-refractivity contribution in [3.63, 3.8) is 0 Å². The fourth-order valence-corrected chi connectivity index (χ4v) is 6.21. The van der Waals surface area contributed by atoms with E-state index in [9.17, 15) is 14.9 Å². The van der Waals surface area contributed by atoms with Crippen LogP contribution in [0.2, 0.25) is 0 Å². The largest absolute Gasteiger partial charge is 0.379 e. The number of nitrogens with zero attached hydrogens (tertiary/aromatic N) is 5. The number of carbonyl (C=O) groups excluding carboxylic acids is 1. The number of benzene rings is 2. The van der Waals surface area contributed by atoms with Gasteiger partial charge in [-0.2, -0.15) is 0 Å². The van der Waals surface area contributed by atoms with Gasteiger partial charge >= 0.3 is 0 Å². The lowest BCUT2D eigenvalue weighted by Crippen LogP contribution is -2.43. The van der Waals surface area contributed by atoms with Crippen molar-refractivity contribution in [3.05, 3.63) is 57.1 Å². The predicted molar refractivity (Wildman–Crippen MR) is 147 cm³/mol. The number of morpholine rings is 1. The van der Waals surface area contributed by atoms with Gasteiger partial charge in [-0.05, 0) is 56.4 Å². The lowest BCUT2D eigenvalue weighted by Gasteiger charge is -2.30. The van der Waals surface area contributed by atoms with Crippen LogP contribution in [0.15, 0.2) is 30.3 Å². The predicted octanol–water partition coefficient (Wildman–Crippen LogP) is 4.79. The van der Waals surface area contributed by atoms with Crippen LogP contribution in [-0.2, 0) is 4.74 Å². The number of nitro groups is 1. The second-order valence-corrected chi connectivity index (χ2v) is 10.8. The monoisotopic (exact) mass is 523 g/mol. The summed E-state index contributed by atoms with van der Waals surface area (Å²) in [5, 5.41) is 12.6. The molecule has 196 valence electrons. The van der Waals surface area contributed by atoms with E-state index in [2.05, 4.69) is 15.9 Å². The Labute approximate surface area is 220 Å². The average molecular weight is 524 g/mol. The fourth-order valence-electron chi connectivity index (χ4n) is 5.07. The number of carbonyl (C=O) groups is 1. The van der Waals surface area contributed by atoms with E-state index >= 15 is 0 Å². The number of thiazole rings is 1. The normalized spacial score (nSPS) is 16.8. The van der Waals surface area contributed by atoms with Gasteiger partial charge in [-0.3, -0.25) is 24.7 Å².